The zero-order valence-corrected chi connectivity index (χ0v) is 10.0. The van der Waals surface area contributed by atoms with Crippen molar-refractivity contribution in [3.63, 3.8) is 0 Å². The summed E-state index contributed by atoms with van der Waals surface area (Å²) < 4.78 is 6.11. The molecule has 0 saturated heterocycles. The number of carbonyl (C=O) groups is 1. The fraction of sp³-hybridized carbons (Fsp3) is 0.556. The van der Waals surface area contributed by atoms with Crippen LogP contribution >= 0.6 is 11.6 Å². The first-order valence-corrected chi connectivity index (χ1v) is 5.16. The van der Waals surface area contributed by atoms with E-state index in [4.69, 9.17) is 16.8 Å². The zero-order valence-electron chi connectivity index (χ0n) is 9.27. The fourth-order valence-corrected chi connectivity index (χ4v) is 1.45. The van der Waals surface area contributed by atoms with E-state index in [-0.39, 0.29) is 11.7 Å². The van der Waals surface area contributed by atoms with Crippen LogP contribution in [-0.4, -0.2) is 28.1 Å². The molecule has 6 nitrogen and oxygen atoms in total. The van der Waals surface area contributed by atoms with Crippen molar-refractivity contribution in [2.24, 2.45) is 0 Å². The van der Waals surface area contributed by atoms with Crippen molar-refractivity contribution in [1.82, 2.24) is 15.3 Å². The summed E-state index contributed by atoms with van der Waals surface area (Å²) in [6, 6.07) is 1.50. The Morgan fingerprint density at radius 3 is 2.75 bits per heavy atom. The van der Waals surface area contributed by atoms with Gasteiger partial charge in [0.25, 0.3) is 0 Å². The Labute approximate surface area is 98.1 Å². The second-order valence-electron chi connectivity index (χ2n) is 3.48. The van der Waals surface area contributed by atoms with E-state index in [1.165, 1.54) is 13.2 Å². The standard InChI is InChI=1S/C9H14ClN3O3/c1-5(2)13-7(8(10)12-15)4-6(11-13)9(14)16-3/h4-5,8,12,15H,1-3H3. The van der Waals surface area contributed by atoms with Crippen molar-refractivity contribution in [2.75, 3.05) is 7.11 Å². The molecule has 1 aromatic heterocycles. The number of methoxy groups -OCH3 is 1. The maximum atomic E-state index is 11.3. The Morgan fingerprint density at radius 1 is 1.69 bits per heavy atom. The highest BCUT2D eigenvalue weighted by Gasteiger charge is 2.20. The van der Waals surface area contributed by atoms with Crippen LogP contribution in [0.15, 0.2) is 6.07 Å². The molecule has 1 atom stereocenters. The smallest absolute Gasteiger partial charge is 0.358 e. The van der Waals surface area contributed by atoms with E-state index < -0.39 is 11.5 Å². The summed E-state index contributed by atoms with van der Waals surface area (Å²) in [7, 11) is 1.28. The molecule has 1 unspecified atom stereocenters. The molecule has 16 heavy (non-hydrogen) atoms. The normalized spacial score (nSPS) is 12.9. The lowest BCUT2D eigenvalue weighted by atomic mass is 10.3. The Kier molecular flexibility index (Phi) is 4.28. The van der Waals surface area contributed by atoms with Crippen LogP contribution in [0.5, 0.6) is 0 Å². The Balaban J connectivity index is 3.14. The number of aromatic nitrogens is 2. The highest BCUT2D eigenvalue weighted by molar-refractivity contribution is 6.20. The minimum atomic E-state index is -0.826. The van der Waals surface area contributed by atoms with Crippen molar-refractivity contribution in [1.29, 1.82) is 0 Å². The number of ether oxygens (including phenoxy) is 1. The molecule has 0 aliphatic carbocycles. The molecule has 7 heteroatoms. The van der Waals surface area contributed by atoms with Gasteiger partial charge in [0.15, 0.2) is 5.69 Å². The number of alkyl halides is 1. The number of rotatable bonds is 4. The molecular formula is C9H14ClN3O3. The van der Waals surface area contributed by atoms with Gasteiger partial charge in [-0.15, -0.1) is 0 Å². The predicted molar refractivity (Wildman–Crippen MR) is 57.5 cm³/mol. The van der Waals surface area contributed by atoms with Gasteiger partial charge in [-0.1, -0.05) is 11.6 Å². The second-order valence-corrected chi connectivity index (χ2v) is 3.91. The van der Waals surface area contributed by atoms with Gasteiger partial charge in [-0.3, -0.25) is 4.68 Å². The molecule has 0 bridgehead atoms. The first kappa shape index (κ1) is 13.0. The van der Waals surface area contributed by atoms with Gasteiger partial charge in [0.1, 0.15) is 5.50 Å². The predicted octanol–water partition coefficient (Wildman–Crippen LogP) is 1.47. The van der Waals surface area contributed by atoms with Crippen LogP contribution in [0.25, 0.3) is 0 Å². The van der Waals surface area contributed by atoms with Gasteiger partial charge in [-0.25, -0.2) is 4.79 Å². The summed E-state index contributed by atoms with van der Waals surface area (Å²) in [6.07, 6.45) is 0. The van der Waals surface area contributed by atoms with E-state index in [0.29, 0.717) is 5.69 Å². The molecule has 0 spiro atoms. The third kappa shape index (κ3) is 2.52. The van der Waals surface area contributed by atoms with Crippen LogP contribution in [0.1, 0.15) is 41.6 Å². The van der Waals surface area contributed by atoms with E-state index in [9.17, 15) is 4.79 Å². The van der Waals surface area contributed by atoms with E-state index >= 15 is 0 Å². The van der Waals surface area contributed by atoms with Crippen LogP contribution in [0.3, 0.4) is 0 Å². The molecule has 1 heterocycles. The van der Waals surface area contributed by atoms with E-state index in [1.807, 2.05) is 19.3 Å². The van der Waals surface area contributed by atoms with Crippen molar-refractivity contribution in [2.45, 2.75) is 25.4 Å². The van der Waals surface area contributed by atoms with Crippen LogP contribution in [0.4, 0.5) is 0 Å². The first-order chi connectivity index (χ1) is 7.51. The van der Waals surface area contributed by atoms with Gasteiger partial charge >= 0.3 is 5.97 Å². The fourth-order valence-electron chi connectivity index (χ4n) is 1.28. The number of halogens is 1. The topological polar surface area (TPSA) is 76.4 Å². The maximum absolute atomic E-state index is 11.3. The van der Waals surface area contributed by atoms with Gasteiger partial charge in [-0.2, -0.15) is 10.6 Å². The number of hydrogen-bond donors (Lipinski definition) is 2. The Morgan fingerprint density at radius 2 is 2.31 bits per heavy atom. The monoisotopic (exact) mass is 247 g/mol. The van der Waals surface area contributed by atoms with E-state index in [2.05, 4.69) is 9.84 Å². The lowest BCUT2D eigenvalue weighted by molar-refractivity contribution is 0.0593. The van der Waals surface area contributed by atoms with Crippen molar-refractivity contribution in [3.05, 3.63) is 17.5 Å². The molecule has 2 N–H and O–H groups in total. The number of esters is 1. The largest absolute Gasteiger partial charge is 0.464 e. The number of hydroxylamine groups is 1. The first-order valence-electron chi connectivity index (χ1n) is 4.72. The highest BCUT2D eigenvalue weighted by Crippen LogP contribution is 2.21. The van der Waals surface area contributed by atoms with Crippen molar-refractivity contribution >= 4 is 17.6 Å². The van der Waals surface area contributed by atoms with E-state index in [1.54, 1.807) is 4.68 Å². The summed E-state index contributed by atoms with van der Waals surface area (Å²) in [5.41, 5.74) is 1.73. The van der Waals surface area contributed by atoms with Crippen molar-refractivity contribution < 1.29 is 14.7 Å². The van der Waals surface area contributed by atoms with Gasteiger partial charge in [-0.05, 0) is 19.9 Å². The molecule has 0 fully saturated rings. The number of carbonyl (C=O) groups excluding carboxylic acids is 1. The summed E-state index contributed by atoms with van der Waals surface area (Å²) in [4.78, 5) is 11.3. The average molecular weight is 248 g/mol. The summed E-state index contributed by atoms with van der Waals surface area (Å²) in [6.45, 7) is 3.77. The SMILES string of the molecule is COC(=O)c1cc(C(Cl)NO)n(C(C)C)n1. The Bertz CT molecular complexity index is 378. The lowest BCUT2D eigenvalue weighted by Gasteiger charge is -2.13. The summed E-state index contributed by atoms with van der Waals surface area (Å²) in [5, 5.41) is 12.8. The van der Waals surface area contributed by atoms with Gasteiger partial charge in [0.2, 0.25) is 0 Å². The molecule has 90 valence electrons. The molecule has 0 aromatic carbocycles. The zero-order chi connectivity index (χ0) is 12.3. The van der Waals surface area contributed by atoms with Gasteiger partial charge in [0.05, 0.1) is 12.8 Å². The van der Waals surface area contributed by atoms with E-state index in [0.717, 1.165) is 0 Å². The van der Waals surface area contributed by atoms with Crippen LogP contribution < -0.4 is 5.48 Å². The molecule has 0 radical (unpaired) electrons. The molecule has 0 aliphatic heterocycles. The van der Waals surface area contributed by atoms with Gasteiger partial charge in [0, 0.05) is 6.04 Å². The molecule has 0 aliphatic rings. The van der Waals surface area contributed by atoms with Crippen LogP contribution in [0.2, 0.25) is 0 Å². The summed E-state index contributed by atoms with van der Waals surface area (Å²) in [5.74, 6) is -0.539. The third-order valence-corrected chi connectivity index (χ3v) is 2.34. The Hall–Kier alpha value is -1.11. The molecule has 1 aromatic rings. The number of nitrogens with one attached hydrogen (secondary N) is 1. The van der Waals surface area contributed by atoms with Crippen LogP contribution in [-0.2, 0) is 4.74 Å². The quantitative estimate of drug-likeness (QED) is 0.365. The van der Waals surface area contributed by atoms with Gasteiger partial charge < -0.3 is 9.94 Å². The third-order valence-electron chi connectivity index (χ3n) is 2.02. The molecule has 0 amide bonds. The lowest BCUT2D eigenvalue weighted by Crippen LogP contribution is -2.17. The second kappa shape index (κ2) is 5.29. The summed E-state index contributed by atoms with van der Waals surface area (Å²) >= 11 is 5.83. The minimum absolute atomic E-state index is 0.0167. The maximum Gasteiger partial charge on any atom is 0.358 e. The molecule has 1 rings (SSSR count). The molecular weight excluding hydrogens is 234 g/mol. The number of hydrogen-bond acceptors (Lipinski definition) is 5. The molecule has 0 saturated carbocycles. The van der Waals surface area contributed by atoms with Crippen molar-refractivity contribution in [3.8, 4) is 0 Å². The minimum Gasteiger partial charge on any atom is -0.464 e. The number of nitrogens with zero attached hydrogens (tertiary/aromatic N) is 2. The van der Waals surface area contributed by atoms with Crippen LogP contribution in [0, 0.1) is 0 Å². The average Bonchev–Trinajstić information content (AvgIpc) is 2.71. The highest BCUT2D eigenvalue weighted by atomic mass is 35.5.